The Balaban J connectivity index is 2.19. The number of carbonyl (C=O) groups is 2. The predicted octanol–water partition coefficient (Wildman–Crippen LogP) is 1.01. The number of rotatable bonds is 8. The van der Waals surface area contributed by atoms with Crippen LogP contribution in [0.3, 0.4) is 0 Å². The summed E-state index contributed by atoms with van der Waals surface area (Å²) >= 11 is 0. The highest BCUT2D eigenvalue weighted by molar-refractivity contribution is 5.72. The first-order valence-corrected chi connectivity index (χ1v) is 6.18. The van der Waals surface area contributed by atoms with Crippen LogP contribution in [0.25, 0.3) is 0 Å². The van der Waals surface area contributed by atoms with Gasteiger partial charge in [0, 0.05) is 12.0 Å². The summed E-state index contributed by atoms with van der Waals surface area (Å²) in [7, 11) is 0. The molecule has 0 spiro atoms. The van der Waals surface area contributed by atoms with E-state index < -0.39 is 0 Å². The molecule has 1 rings (SSSR count). The molecule has 0 aromatic carbocycles. The van der Waals surface area contributed by atoms with Crippen LogP contribution in [0.4, 0.5) is 0 Å². The van der Waals surface area contributed by atoms with Gasteiger partial charge in [0.1, 0.15) is 0 Å². The van der Waals surface area contributed by atoms with Gasteiger partial charge >= 0.3 is 11.9 Å². The van der Waals surface area contributed by atoms with Crippen LogP contribution >= 0.6 is 0 Å². The topological polar surface area (TPSA) is 64.6 Å². The van der Waals surface area contributed by atoms with E-state index >= 15 is 0 Å². The zero-order valence-corrected chi connectivity index (χ0v) is 10.6. The van der Waals surface area contributed by atoms with Crippen LogP contribution in [0.2, 0.25) is 0 Å². The SMILES string of the molecule is CCOC(=O)CCC1(NCC(=O)OCC)CC1. The zero-order chi connectivity index (χ0) is 12.7. The van der Waals surface area contributed by atoms with Crippen molar-refractivity contribution < 1.29 is 19.1 Å². The molecule has 0 bridgehead atoms. The Labute approximate surface area is 102 Å². The maximum Gasteiger partial charge on any atom is 0.319 e. The molecule has 0 atom stereocenters. The second-order valence-electron chi connectivity index (χ2n) is 4.24. The van der Waals surface area contributed by atoms with Crippen LogP contribution in [-0.4, -0.2) is 37.2 Å². The third kappa shape index (κ3) is 5.17. The number of carbonyl (C=O) groups excluding carboxylic acids is 2. The summed E-state index contributed by atoms with van der Waals surface area (Å²) in [6.45, 7) is 4.62. The number of ether oxygens (including phenoxy) is 2. The first-order valence-electron chi connectivity index (χ1n) is 6.18. The highest BCUT2D eigenvalue weighted by atomic mass is 16.5. The molecule has 1 N–H and O–H groups in total. The number of hydrogen-bond acceptors (Lipinski definition) is 5. The monoisotopic (exact) mass is 243 g/mol. The van der Waals surface area contributed by atoms with Crippen molar-refractivity contribution in [1.82, 2.24) is 5.32 Å². The average molecular weight is 243 g/mol. The third-order valence-corrected chi connectivity index (χ3v) is 2.88. The molecule has 1 aliphatic rings. The Hall–Kier alpha value is -1.10. The van der Waals surface area contributed by atoms with Gasteiger partial charge in [-0.25, -0.2) is 0 Å². The van der Waals surface area contributed by atoms with Gasteiger partial charge in [0.05, 0.1) is 19.8 Å². The molecule has 1 aliphatic carbocycles. The van der Waals surface area contributed by atoms with E-state index in [9.17, 15) is 9.59 Å². The summed E-state index contributed by atoms with van der Waals surface area (Å²) in [4.78, 5) is 22.4. The van der Waals surface area contributed by atoms with E-state index in [1.54, 1.807) is 13.8 Å². The fraction of sp³-hybridized carbons (Fsp3) is 0.833. The highest BCUT2D eigenvalue weighted by Gasteiger charge is 2.42. The third-order valence-electron chi connectivity index (χ3n) is 2.88. The van der Waals surface area contributed by atoms with Crippen molar-refractivity contribution in [3.05, 3.63) is 0 Å². The summed E-state index contributed by atoms with van der Waals surface area (Å²) in [5.41, 5.74) is -0.0421. The predicted molar refractivity (Wildman–Crippen MR) is 62.5 cm³/mol. The summed E-state index contributed by atoms with van der Waals surface area (Å²) in [5, 5.41) is 3.17. The van der Waals surface area contributed by atoms with E-state index in [0.717, 1.165) is 19.3 Å². The molecule has 1 fully saturated rings. The minimum Gasteiger partial charge on any atom is -0.466 e. The van der Waals surface area contributed by atoms with Crippen LogP contribution in [0.5, 0.6) is 0 Å². The molecule has 0 unspecified atom stereocenters. The Kier molecular flexibility index (Phi) is 5.41. The van der Waals surface area contributed by atoms with E-state index in [1.807, 2.05) is 0 Å². The minimum atomic E-state index is -0.241. The number of nitrogens with one attached hydrogen (secondary N) is 1. The standard InChI is InChI=1S/C12H21NO4/c1-3-16-10(14)5-6-12(7-8-12)13-9-11(15)17-4-2/h13H,3-9H2,1-2H3. The van der Waals surface area contributed by atoms with Crippen molar-refractivity contribution in [1.29, 1.82) is 0 Å². The van der Waals surface area contributed by atoms with Gasteiger partial charge in [-0.3, -0.25) is 9.59 Å². The fourth-order valence-electron chi connectivity index (χ4n) is 1.71. The second-order valence-corrected chi connectivity index (χ2v) is 4.24. The van der Waals surface area contributed by atoms with Crippen LogP contribution in [0.15, 0.2) is 0 Å². The van der Waals surface area contributed by atoms with E-state index in [-0.39, 0.29) is 24.0 Å². The summed E-state index contributed by atoms with van der Waals surface area (Å²) < 4.78 is 9.71. The van der Waals surface area contributed by atoms with Crippen molar-refractivity contribution in [2.75, 3.05) is 19.8 Å². The zero-order valence-electron chi connectivity index (χ0n) is 10.6. The molecule has 17 heavy (non-hydrogen) atoms. The van der Waals surface area contributed by atoms with Gasteiger partial charge in [-0.05, 0) is 33.1 Å². The molecular formula is C12H21NO4. The van der Waals surface area contributed by atoms with E-state index in [4.69, 9.17) is 9.47 Å². The normalized spacial score (nSPS) is 16.4. The maximum atomic E-state index is 11.2. The van der Waals surface area contributed by atoms with E-state index in [1.165, 1.54) is 0 Å². The van der Waals surface area contributed by atoms with Gasteiger partial charge in [0.2, 0.25) is 0 Å². The van der Waals surface area contributed by atoms with Crippen molar-refractivity contribution in [2.45, 2.75) is 45.1 Å². The van der Waals surface area contributed by atoms with E-state index in [2.05, 4.69) is 5.32 Å². The van der Waals surface area contributed by atoms with E-state index in [0.29, 0.717) is 19.6 Å². The van der Waals surface area contributed by atoms with Crippen molar-refractivity contribution in [3.8, 4) is 0 Å². The minimum absolute atomic E-state index is 0.0421. The van der Waals surface area contributed by atoms with Gasteiger partial charge in [-0.1, -0.05) is 0 Å². The lowest BCUT2D eigenvalue weighted by molar-refractivity contribution is -0.143. The Bertz CT molecular complexity index is 250. The molecule has 98 valence electrons. The summed E-state index contributed by atoms with van der Waals surface area (Å²) in [6.07, 6.45) is 3.15. The van der Waals surface area contributed by atoms with Gasteiger partial charge in [-0.15, -0.1) is 0 Å². The van der Waals surface area contributed by atoms with Crippen molar-refractivity contribution >= 4 is 11.9 Å². The Morgan fingerprint density at radius 1 is 1.12 bits per heavy atom. The van der Waals surface area contributed by atoms with Gasteiger partial charge in [0.25, 0.3) is 0 Å². The lowest BCUT2D eigenvalue weighted by Crippen LogP contribution is -2.36. The fourth-order valence-corrected chi connectivity index (χ4v) is 1.71. The molecule has 1 saturated carbocycles. The van der Waals surface area contributed by atoms with Crippen LogP contribution in [-0.2, 0) is 19.1 Å². The van der Waals surface area contributed by atoms with Crippen LogP contribution in [0, 0.1) is 0 Å². The highest BCUT2D eigenvalue weighted by Crippen LogP contribution is 2.39. The van der Waals surface area contributed by atoms with Gasteiger partial charge in [0.15, 0.2) is 0 Å². The lowest BCUT2D eigenvalue weighted by atomic mass is 10.1. The summed E-state index contributed by atoms with van der Waals surface area (Å²) in [6, 6.07) is 0. The molecule has 0 aromatic heterocycles. The van der Waals surface area contributed by atoms with Crippen LogP contribution < -0.4 is 5.32 Å². The summed E-state index contributed by atoms with van der Waals surface area (Å²) in [5.74, 6) is -0.411. The number of hydrogen-bond donors (Lipinski definition) is 1. The molecular weight excluding hydrogens is 222 g/mol. The smallest absolute Gasteiger partial charge is 0.319 e. The van der Waals surface area contributed by atoms with Crippen LogP contribution in [0.1, 0.15) is 39.5 Å². The Morgan fingerprint density at radius 2 is 1.71 bits per heavy atom. The molecule has 0 saturated heterocycles. The maximum absolute atomic E-state index is 11.2. The first-order chi connectivity index (χ1) is 8.12. The lowest BCUT2D eigenvalue weighted by Gasteiger charge is -2.16. The molecule has 5 heteroatoms. The number of esters is 2. The average Bonchev–Trinajstić information content (AvgIpc) is 3.06. The van der Waals surface area contributed by atoms with Crippen molar-refractivity contribution in [3.63, 3.8) is 0 Å². The van der Waals surface area contributed by atoms with Crippen molar-refractivity contribution in [2.24, 2.45) is 0 Å². The largest absolute Gasteiger partial charge is 0.466 e. The molecule has 0 amide bonds. The second kappa shape index (κ2) is 6.59. The molecule has 0 radical (unpaired) electrons. The molecule has 0 aromatic rings. The Morgan fingerprint density at radius 3 is 2.24 bits per heavy atom. The molecule has 0 aliphatic heterocycles. The van der Waals surface area contributed by atoms with Gasteiger partial charge in [-0.2, -0.15) is 0 Å². The molecule has 5 nitrogen and oxygen atoms in total. The first kappa shape index (κ1) is 14.0. The van der Waals surface area contributed by atoms with Gasteiger partial charge < -0.3 is 14.8 Å². The quantitative estimate of drug-likeness (QED) is 0.645. The molecule has 0 heterocycles.